The minimum atomic E-state index is -1.58. The molecule has 0 aliphatic carbocycles. The second-order valence-corrected chi connectivity index (χ2v) is 8.53. The van der Waals surface area contributed by atoms with Crippen molar-refractivity contribution in [3.63, 3.8) is 0 Å². The maximum absolute atomic E-state index is 12.8. The number of pyridine rings is 1. The number of aromatic nitrogens is 3. The van der Waals surface area contributed by atoms with Crippen LogP contribution in [0.5, 0.6) is 0 Å². The second kappa shape index (κ2) is 9.72. The first-order chi connectivity index (χ1) is 15.9. The smallest absolute Gasteiger partial charge is 0.319 e. The van der Waals surface area contributed by atoms with Gasteiger partial charge in [0.2, 0.25) is 0 Å². The summed E-state index contributed by atoms with van der Waals surface area (Å²) in [6.07, 6.45) is 3.36. The Morgan fingerprint density at radius 3 is 2.61 bits per heavy atom. The van der Waals surface area contributed by atoms with Crippen molar-refractivity contribution in [1.82, 2.24) is 19.9 Å². The normalized spacial score (nSPS) is 11.7. The zero-order valence-corrected chi connectivity index (χ0v) is 18.8. The Kier molecular flexibility index (Phi) is 6.57. The molecule has 2 heterocycles. The van der Waals surface area contributed by atoms with Crippen molar-refractivity contribution >= 4 is 39.7 Å². The van der Waals surface area contributed by atoms with Gasteiger partial charge in [0.15, 0.2) is 4.90 Å². The molecule has 0 radical (unpaired) electrons. The summed E-state index contributed by atoms with van der Waals surface area (Å²) in [6, 6.07) is 15.1. The summed E-state index contributed by atoms with van der Waals surface area (Å²) in [5.41, 5.74) is 2.46. The van der Waals surface area contributed by atoms with Crippen molar-refractivity contribution in [2.45, 2.75) is 18.4 Å². The van der Waals surface area contributed by atoms with Crippen LogP contribution < -0.4 is 20.9 Å². The van der Waals surface area contributed by atoms with Crippen LogP contribution in [-0.4, -0.2) is 25.1 Å². The molecule has 0 saturated carbocycles. The van der Waals surface area contributed by atoms with E-state index in [2.05, 4.69) is 25.3 Å². The van der Waals surface area contributed by atoms with Gasteiger partial charge < -0.3 is 15.2 Å². The molecule has 4 rings (SSSR count). The summed E-state index contributed by atoms with van der Waals surface area (Å²) in [4.78, 5) is 33.4. The lowest BCUT2D eigenvalue weighted by Gasteiger charge is -2.13. The van der Waals surface area contributed by atoms with Crippen LogP contribution in [0.2, 0.25) is 0 Å². The molecule has 0 saturated heterocycles. The predicted molar refractivity (Wildman–Crippen MR) is 128 cm³/mol. The van der Waals surface area contributed by atoms with Crippen LogP contribution in [0.15, 0.2) is 76.7 Å². The Morgan fingerprint density at radius 1 is 1.12 bits per heavy atom. The largest absolute Gasteiger partial charge is 0.588 e. The number of urea groups is 1. The molecule has 0 aliphatic rings. The van der Waals surface area contributed by atoms with Gasteiger partial charge in [-0.05, 0) is 55.0 Å². The Morgan fingerprint density at radius 2 is 1.88 bits per heavy atom. The van der Waals surface area contributed by atoms with Crippen molar-refractivity contribution in [3.8, 4) is 0 Å². The second-order valence-electron chi connectivity index (χ2n) is 7.32. The van der Waals surface area contributed by atoms with E-state index in [1.54, 1.807) is 74.9 Å². The number of benzene rings is 2. The topological polar surface area (TPSA) is 124 Å². The van der Waals surface area contributed by atoms with Crippen molar-refractivity contribution in [2.24, 2.45) is 7.05 Å². The average molecular weight is 463 g/mol. The maximum Gasteiger partial charge on any atom is 0.319 e. The number of carbonyl (C=O) groups is 1. The van der Waals surface area contributed by atoms with Crippen LogP contribution in [0.4, 0.5) is 16.2 Å². The standard InChI is InChI=1S/C23H22N6O3S/c1-15-26-21-10-9-19(12-20(21)22(30)29(15)2)33(32)28-18-7-5-17(6-8-18)27-23(31)25-14-16-4-3-11-24-13-16/h3-13,28H,14H2,1-2H3,(H2,25,27,31). The van der Waals surface area contributed by atoms with Gasteiger partial charge in [-0.3, -0.25) is 14.3 Å². The van der Waals surface area contributed by atoms with Crippen molar-refractivity contribution < 1.29 is 9.35 Å². The van der Waals surface area contributed by atoms with E-state index in [0.717, 1.165) is 5.56 Å². The fraction of sp³-hybridized carbons (Fsp3) is 0.130. The quantitative estimate of drug-likeness (QED) is 0.378. The Bertz CT molecular complexity index is 1340. The summed E-state index contributed by atoms with van der Waals surface area (Å²) in [5, 5.41) is 5.91. The SMILES string of the molecule is Cc1nc2ccc([S+]([O-])Nc3ccc(NC(=O)NCc4cccnc4)cc3)cc2c(=O)n1C. The van der Waals surface area contributed by atoms with E-state index in [9.17, 15) is 14.1 Å². The van der Waals surface area contributed by atoms with Crippen molar-refractivity contribution in [1.29, 1.82) is 0 Å². The number of hydrogen-bond donors (Lipinski definition) is 3. The minimum absolute atomic E-state index is 0.186. The molecule has 4 aromatic rings. The third kappa shape index (κ3) is 5.30. The van der Waals surface area contributed by atoms with Crippen LogP contribution >= 0.6 is 0 Å². The fourth-order valence-electron chi connectivity index (χ4n) is 3.12. The molecule has 9 nitrogen and oxygen atoms in total. The number of nitrogens with zero attached hydrogens (tertiary/aromatic N) is 3. The molecule has 0 bridgehead atoms. The summed E-state index contributed by atoms with van der Waals surface area (Å²) < 4.78 is 17.2. The molecule has 1 unspecified atom stereocenters. The highest BCUT2D eigenvalue weighted by Crippen LogP contribution is 2.20. The van der Waals surface area contributed by atoms with Gasteiger partial charge in [0.1, 0.15) is 17.2 Å². The van der Waals surface area contributed by atoms with Crippen molar-refractivity contribution in [2.75, 3.05) is 10.0 Å². The van der Waals surface area contributed by atoms with E-state index in [4.69, 9.17) is 0 Å². The van der Waals surface area contributed by atoms with Crippen LogP contribution in [0.3, 0.4) is 0 Å². The Labute approximate surface area is 193 Å². The van der Waals surface area contributed by atoms with Gasteiger partial charge in [-0.1, -0.05) is 6.07 Å². The molecule has 33 heavy (non-hydrogen) atoms. The highest BCUT2D eigenvalue weighted by atomic mass is 32.2. The number of amides is 2. The van der Waals surface area contributed by atoms with Gasteiger partial charge in [-0.15, -0.1) is 0 Å². The highest BCUT2D eigenvalue weighted by molar-refractivity contribution is 7.92. The molecule has 1 atom stereocenters. The first-order valence-electron chi connectivity index (χ1n) is 10.1. The van der Waals surface area contributed by atoms with E-state index in [0.29, 0.717) is 39.5 Å². The first kappa shape index (κ1) is 22.3. The zero-order chi connectivity index (χ0) is 23.4. The van der Waals surface area contributed by atoms with E-state index in [1.165, 1.54) is 4.57 Å². The summed E-state index contributed by atoms with van der Waals surface area (Å²) in [6.45, 7) is 2.12. The molecular formula is C23H22N6O3S. The van der Waals surface area contributed by atoms with E-state index >= 15 is 0 Å². The van der Waals surface area contributed by atoms with Crippen LogP contribution in [0, 0.1) is 6.92 Å². The first-order valence-corrected chi connectivity index (χ1v) is 11.3. The van der Waals surface area contributed by atoms with E-state index in [-0.39, 0.29) is 11.6 Å². The number of hydrogen-bond acceptors (Lipinski definition) is 6. The molecule has 0 fully saturated rings. The van der Waals surface area contributed by atoms with Gasteiger partial charge in [0, 0.05) is 37.7 Å². The molecular weight excluding hydrogens is 440 g/mol. The molecule has 2 amide bonds. The molecule has 10 heteroatoms. The highest BCUT2D eigenvalue weighted by Gasteiger charge is 2.15. The van der Waals surface area contributed by atoms with Crippen molar-refractivity contribution in [3.05, 3.63) is 88.7 Å². The molecule has 0 aliphatic heterocycles. The molecule has 2 aromatic heterocycles. The monoisotopic (exact) mass is 462 g/mol. The summed E-state index contributed by atoms with van der Waals surface area (Å²) in [5.74, 6) is 0.610. The minimum Gasteiger partial charge on any atom is -0.588 e. The van der Waals surface area contributed by atoms with Crippen LogP contribution in [0.1, 0.15) is 11.4 Å². The van der Waals surface area contributed by atoms with Crippen LogP contribution in [0.25, 0.3) is 10.9 Å². The van der Waals surface area contributed by atoms with E-state index < -0.39 is 11.4 Å². The molecule has 168 valence electrons. The number of fused-ring (bicyclic) bond motifs is 1. The number of aryl methyl sites for hydroxylation is 1. The molecule has 3 N–H and O–H groups in total. The van der Waals surface area contributed by atoms with Gasteiger partial charge >= 0.3 is 6.03 Å². The lowest BCUT2D eigenvalue weighted by Crippen LogP contribution is -2.28. The van der Waals surface area contributed by atoms with Gasteiger partial charge in [0.25, 0.3) is 5.56 Å². The molecule has 2 aromatic carbocycles. The Balaban J connectivity index is 1.38. The van der Waals surface area contributed by atoms with Gasteiger partial charge in [0.05, 0.1) is 16.6 Å². The third-order valence-electron chi connectivity index (χ3n) is 5.01. The zero-order valence-electron chi connectivity index (χ0n) is 18.0. The number of rotatable bonds is 6. The lowest BCUT2D eigenvalue weighted by atomic mass is 10.2. The third-order valence-corrected chi connectivity index (χ3v) is 6.12. The summed E-state index contributed by atoms with van der Waals surface area (Å²) >= 11 is -1.58. The van der Waals surface area contributed by atoms with Gasteiger partial charge in [-0.2, -0.15) is 0 Å². The average Bonchev–Trinajstić information content (AvgIpc) is 2.83. The number of anilines is 2. The van der Waals surface area contributed by atoms with Gasteiger partial charge in [-0.25, -0.2) is 14.5 Å². The fourth-order valence-corrected chi connectivity index (χ4v) is 4.01. The van der Waals surface area contributed by atoms with E-state index in [1.807, 2.05) is 6.07 Å². The molecule has 0 spiro atoms. The maximum atomic E-state index is 12.8. The Hall–Kier alpha value is -3.89. The lowest BCUT2D eigenvalue weighted by molar-refractivity contribution is 0.251. The number of carbonyl (C=O) groups excluding carboxylic acids is 1. The predicted octanol–water partition coefficient (Wildman–Crippen LogP) is 3.09. The summed E-state index contributed by atoms with van der Waals surface area (Å²) in [7, 11) is 1.65. The van der Waals surface area contributed by atoms with Crippen LogP contribution in [-0.2, 0) is 25.0 Å². The number of nitrogens with one attached hydrogen (secondary N) is 3.